The second-order valence-electron chi connectivity index (χ2n) is 4.93. The molecule has 1 aromatic rings. The molecule has 0 aliphatic carbocycles. The summed E-state index contributed by atoms with van der Waals surface area (Å²) in [6.07, 6.45) is 3.27. The van der Waals surface area contributed by atoms with Crippen LogP contribution in [0.2, 0.25) is 5.02 Å². The van der Waals surface area contributed by atoms with E-state index in [0.29, 0.717) is 28.9 Å². The lowest BCUT2D eigenvalue weighted by atomic mass is 10.1. The third-order valence-electron chi connectivity index (χ3n) is 3.37. The molecule has 1 aliphatic heterocycles. The summed E-state index contributed by atoms with van der Waals surface area (Å²) < 4.78 is 0. The van der Waals surface area contributed by atoms with Gasteiger partial charge in [-0.15, -0.1) is 0 Å². The van der Waals surface area contributed by atoms with Crippen LogP contribution in [0.4, 0.5) is 0 Å². The molecule has 7 heteroatoms. The fraction of sp³-hybridized carbons (Fsp3) is 0.500. The molecule has 1 N–H and O–H groups in total. The zero-order valence-electron chi connectivity index (χ0n) is 11.8. The van der Waals surface area contributed by atoms with Gasteiger partial charge in [0.05, 0.1) is 10.8 Å². The maximum absolute atomic E-state index is 11.9. The van der Waals surface area contributed by atoms with Crippen LogP contribution in [0, 0.1) is 0 Å². The first-order valence-corrected chi connectivity index (χ1v) is 8.21. The molecular weight excluding hydrogens is 310 g/mol. The highest BCUT2D eigenvalue weighted by Gasteiger charge is 2.21. The Kier molecular flexibility index (Phi) is 5.87. The van der Waals surface area contributed by atoms with Crippen LogP contribution in [-0.4, -0.2) is 46.6 Å². The molecule has 0 aromatic carbocycles. The summed E-state index contributed by atoms with van der Waals surface area (Å²) in [6, 6.07) is 3.66. The Bertz CT molecular complexity index is 519. The fourth-order valence-corrected chi connectivity index (χ4v) is 3.20. The Morgan fingerprint density at radius 2 is 2.19 bits per heavy atom. The summed E-state index contributed by atoms with van der Waals surface area (Å²) >= 11 is 7.32. The van der Waals surface area contributed by atoms with Crippen molar-refractivity contribution in [1.82, 2.24) is 15.2 Å². The third kappa shape index (κ3) is 4.89. The van der Waals surface area contributed by atoms with Gasteiger partial charge in [-0.3, -0.25) is 9.59 Å². The van der Waals surface area contributed by atoms with Crippen molar-refractivity contribution in [1.29, 1.82) is 0 Å². The minimum absolute atomic E-state index is 0.0250. The number of piperidine rings is 1. The Balaban J connectivity index is 1.73. The molecule has 114 valence electrons. The van der Waals surface area contributed by atoms with E-state index in [1.807, 2.05) is 4.90 Å². The second-order valence-corrected chi connectivity index (χ2v) is 6.30. The van der Waals surface area contributed by atoms with Crippen molar-refractivity contribution < 1.29 is 9.59 Å². The average Bonchev–Trinajstić information content (AvgIpc) is 2.47. The minimum Gasteiger partial charge on any atom is -0.353 e. The van der Waals surface area contributed by atoms with Crippen LogP contribution in [0.1, 0.15) is 19.8 Å². The van der Waals surface area contributed by atoms with E-state index in [4.69, 9.17) is 11.6 Å². The van der Waals surface area contributed by atoms with Crippen LogP contribution in [-0.2, 0) is 9.59 Å². The summed E-state index contributed by atoms with van der Waals surface area (Å²) in [6.45, 7) is 2.99. The fourth-order valence-electron chi connectivity index (χ4n) is 2.22. The van der Waals surface area contributed by atoms with Crippen molar-refractivity contribution >= 4 is 35.2 Å². The van der Waals surface area contributed by atoms with Crippen molar-refractivity contribution in [3.05, 3.63) is 23.4 Å². The van der Waals surface area contributed by atoms with Gasteiger partial charge in [0.15, 0.2) is 0 Å². The molecule has 1 aliphatic rings. The number of nitrogens with zero attached hydrogens (tertiary/aromatic N) is 2. The normalized spacial score (nSPS) is 15.8. The molecule has 1 aromatic heterocycles. The molecule has 1 fully saturated rings. The van der Waals surface area contributed by atoms with Crippen LogP contribution >= 0.6 is 23.4 Å². The van der Waals surface area contributed by atoms with Gasteiger partial charge in [-0.1, -0.05) is 23.4 Å². The first-order chi connectivity index (χ1) is 10.1. The molecule has 0 atom stereocenters. The van der Waals surface area contributed by atoms with E-state index >= 15 is 0 Å². The number of amides is 2. The number of thioether (sulfide) groups is 1. The van der Waals surface area contributed by atoms with Gasteiger partial charge >= 0.3 is 0 Å². The van der Waals surface area contributed by atoms with E-state index in [9.17, 15) is 9.59 Å². The third-order valence-corrected chi connectivity index (χ3v) is 4.79. The zero-order chi connectivity index (χ0) is 15.2. The number of likely N-dealkylation sites (tertiary alicyclic amines) is 1. The largest absolute Gasteiger partial charge is 0.353 e. The van der Waals surface area contributed by atoms with Crippen molar-refractivity contribution in [3.8, 4) is 0 Å². The Hall–Kier alpha value is -1.27. The summed E-state index contributed by atoms with van der Waals surface area (Å²) in [5.41, 5.74) is 0. The smallest absolute Gasteiger partial charge is 0.230 e. The van der Waals surface area contributed by atoms with Crippen molar-refractivity contribution in [2.24, 2.45) is 0 Å². The number of carbonyl (C=O) groups excluding carboxylic acids is 2. The van der Waals surface area contributed by atoms with Gasteiger partial charge in [0.2, 0.25) is 11.8 Å². The number of carbonyl (C=O) groups is 2. The SMILES string of the molecule is CC(=O)N1CCC(NC(=O)CSc2ncccc2Cl)CC1. The number of pyridine rings is 1. The molecule has 1 saturated heterocycles. The second kappa shape index (κ2) is 7.66. The monoisotopic (exact) mass is 327 g/mol. The molecule has 2 heterocycles. The molecule has 0 spiro atoms. The molecule has 2 amide bonds. The number of nitrogens with one attached hydrogen (secondary N) is 1. The first kappa shape index (κ1) is 16.1. The maximum atomic E-state index is 11.9. The molecule has 0 radical (unpaired) electrons. The van der Waals surface area contributed by atoms with Gasteiger partial charge in [0, 0.05) is 32.3 Å². The van der Waals surface area contributed by atoms with Gasteiger partial charge in [-0.05, 0) is 25.0 Å². The molecule has 21 heavy (non-hydrogen) atoms. The highest BCUT2D eigenvalue weighted by molar-refractivity contribution is 8.00. The first-order valence-electron chi connectivity index (χ1n) is 6.84. The molecule has 0 saturated carbocycles. The van der Waals surface area contributed by atoms with E-state index in [1.165, 1.54) is 11.8 Å². The predicted molar refractivity (Wildman–Crippen MR) is 83.4 cm³/mol. The quantitative estimate of drug-likeness (QED) is 0.859. The summed E-state index contributed by atoms with van der Waals surface area (Å²) in [5.74, 6) is 0.368. The number of aromatic nitrogens is 1. The van der Waals surface area contributed by atoms with Crippen LogP contribution in [0.5, 0.6) is 0 Å². The zero-order valence-corrected chi connectivity index (χ0v) is 13.4. The Morgan fingerprint density at radius 1 is 1.48 bits per heavy atom. The lowest BCUT2D eigenvalue weighted by Crippen LogP contribution is -2.46. The molecule has 2 rings (SSSR count). The molecular formula is C14H18ClN3O2S. The van der Waals surface area contributed by atoms with Gasteiger partial charge < -0.3 is 10.2 Å². The number of rotatable bonds is 4. The van der Waals surface area contributed by atoms with E-state index in [0.717, 1.165) is 12.8 Å². The molecule has 0 bridgehead atoms. The highest BCUT2D eigenvalue weighted by atomic mass is 35.5. The van der Waals surface area contributed by atoms with Crippen LogP contribution < -0.4 is 5.32 Å². The predicted octanol–water partition coefficient (Wildman–Crippen LogP) is 1.95. The van der Waals surface area contributed by atoms with Gasteiger partial charge in [0.25, 0.3) is 0 Å². The van der Waals surface area contributed by atoms with E-state index in [1.54, 1.807) is 25.3 Å². The summed E-state index contributed by atoms with van der Waals surface area (Å²) in [4.78, 5) is 29.1. The highest BCUT2D eigenvalue weighted by Crippen LogP contribution is 2.23. The van der Waals surface area contributed by atoms with Gasteiger partial charge in [-0.2, -0.15) is 0 Å². The Morgan fingerprint density at radius 3 is 2.81 bits per heavy atom. The average molecular weight is 328 g/mol. The van der Waals surface area contributed by atoms with Crippen LogP contribution in [0.15, 0.2) is 23.4 Å². The lowest BCUT2D eigenvalue weighted by molar-refractivity contribution is -0.130. The minimum atomic E-state index is -0.0250. The standard InChI is InChI=1S/C14H18ClN3O2S/c1-10(19)18-7-4-11(5-8-18)17-13(20)9-21-14-12(15)3-2-6-16-14/h2-3,6,11H,4-5,7-9H2,1H3,(H,17,20). The molecule has 5 nitrogen and oxygen atoms in total. The van der Waals surface area contributed by atoms with Crippen molar-refractivity contribution in [3.63, 3.8) is 0 Å². The van der Waals surface area contributed by atoms with Gasteiger partial charge in [0.1, 0.15) is 5.03 Å². The van der Waals surface area contributed by atoms with Crippen LogP contribution in [0.3, 0.4) is 0 Å². The Labute approximate surface area is 133 Å². The number of hydrogen-bond acceptors (Lipinski definition) is 4. The van der Waals surface area contributed by atoms with Crippen molar-refractivity contribution in [2.45, 2.75) is 30.8 Å². The topological polar surface area (TPSA) is 62.3 Å². The summed E-state index contributed by atoms with van der Waals surface area (Å²) in [7, 11) is 0. The maximum Gasteiger partial charge on any atom is 0.230 e. The number of hydrogen-bond donors (Lipinski definition) is 1. The van der Waals surface area contributed by atoms with E-state index < -0.39 is 0 Å². The van der Waals surface area contributed by atoms with E-state index in [2.05, 4.69) is 10.3 Å². The van der Waals surface area contributed by atoms with Crippen LogP contribution in [0.25, 0.3) is 0 Å². The van der Waals surface area contributed by atoms with Gasteiger partial charge in [-0.25, -0.2) is 4.98 Å². The molecule has 0 unspecified atom stereocenters. The number of halogens is 1. The van der Waals surface area contributed by atoms with Crippen molar-refractivity contribution in [2.75, 3.05) is 18.8 Å². The summed E-state index contributed by atoms with van der Waals surface area (Å²) in [5, 5.41) is 4.23. The lowest BCUT2D eigenvalue weighted by Gasteiger charge is -2.31. The van der Waals surface area contributed by atoms with E-state index in [-0.39, 0.29) is 17.9 Å².